The lowest BCUT2D eigenvalue weighted by Gasteiger charge is -2.33. The molecular weight excluding hydrogens is 382 g/mol. The molecule has 2 bridgehead atoms. The zero-order chi connectivity index (χ0) is 20.6. The molecule has 0 radical (unpaired) electrons. The fourth-order valence-electron chi connectivity index (χ4n) is 5.55. The van der Waals surface area contributed by atoms with Gasteiger partial charge in [-0.15, -0.1) is 0 Å². The molecule has 5 rings (SSSR count). The summed E-state index contributed by atoms with van der Waals surface area (Å²) in [6.07, 6.45) is 0.653. The number of carbonyl (C=O) groups excluding carboxylic acids is 2. The summed E-state index contributed by atoms with van der Waals surface area (Å²) in [5.41, 5.74) is 0.591. The number of amides is 2. The molecule has 11 heteroatoms. The van der Waals surface area contributed by atoms with Gasteiger partial charge in [-0.2, -0.15) is 5.11 Å². The van der Waals surface area contributed by atoms with E-state index in [2.05, 4.69) is 10.3 Å². The highest BCUT2D eigenvalue weighted by Gasteiger charge is 2.70. The summed E-state index contributed by atoms with van der Waals surface area (Å²) < 4.78 is 0. The van der Waals surface area contributed by atoms with Gasteiger partial charge in [0.25, 0.3) is 5.69 Å². The summed E-state index contributed by atoms with van der Waals surface area (Å²) in [6.45, 7) is 1.34. The predicted octanol–water partition coefficient (Wildman–Crippen LogP) is 1.24. The van der Waals surface area contributed by atoms with Crippen LogP contribution in [0, 0.1) is 33.8 Å². The van der Waals surface area contributed by atoms with Crippen LogP contribution < -0.4 is 5.01 Å². The Labute approximate surface area is 164 Å². The summed E-state index contributed by atoms with van der Waals surface area (Å²) in [5.74, 6) is -3.54. The van der Waals surface area contributed by atoms with Crippen molar-refractivity contribution in [2.45, 2.75) is 31.5 Å². The normalized spacial score (nSPS) is 35.2. The van der Waals surface area contributed by atoms with Crippen LogP contribution in [0.2, 0.25) is 0 Å². The summed E-state index contributed by atoms with van der Waals surface area (Å²) in [4.78, 5) is 48.5. The Balaban J connectivity index is 1.45. The lowest BCUT2D eigenvalue weighted by molar-refractivity contribution is -0.384. The van der Waals surface area contributed by atoms with Crippen molar-refractivity contribution in [2.75, 3.05) is 5.01 Å². The van der Waals surface area contributed by atoms with Crippen LogP contribution in [-0.2, 0) is 14.4 Å². The lowest BCUT2D eigenvalue weighted by Crippen LogP contribution is -2.47. The van der Waals surface area contributed by atoms with Crippen molar-refractivity contribution in [3.05, 3.63) is 34.4 Å². The number of imide groups is 1. The quantitative estimate of drug-likeness (QED) is 0.455. The lowest BCUT2D eigenvalue weighted by atomic mass is 9.76. The topological polar surface area (TPSA) is 146 Å². The van der Waals surface area contributed by atoms with E-state index in [9.17, 15) is 29.6 Å². The Hall–Kier alpha value is -3.37. The van der Waals surface area contributed by atoms with Gasteiger partial charge < -0.3 is 5.11 Å². The molecule has 1 aromatic rings. The van der Waals surface area contributed by atoms with Gasteiger partial charge in [0, 0.05) is 12.1 Å². The number of likely N-dealkylation sites (tertiary alicyclic amines) is 1. The second kappa shape index (κ2) is 5.82. The molecular formula is C18H17N5O6. The maximum atomic E-state index is 13.0. The highest BCUT2D eigenvalue weighted by atomic mass is 16.6. The van der Waals surface area contributed by atoms with Gasteiger partial charge >= 0.3 is 5.97 Å². The highest BCUT2D eigenvalue weighted by molar-refractivity contribution is 6.08. The SMILES string of the molecule is CC(C(=O)O)N1C(=O)C2C3CC(C2C1=O)C1C3N=NN1c1ccc([N+](=O)[O-])cc1. The Bertz CT molecular complexity index is 977. The monoisotopic (exact) mass is 399 g/mol. The first kappa shape index (κ1) is 17.7. The van der Waals surface area contributed by atoms with Crippen LogP contribution in [0.3, 0.4) is 0 Å². The van der Waals surface area contributed by atoms with Crippen molar-refractivity contribution in [1.29, 1.82) is 0 Å². The highest BCUT2D eigenvalue weighted by Crippen LogP contribution is 2.60. The molecule has 0 spiro atoms. The Kier molecular flexibility index (Phi) is 3.55. The number of carbonyl (C=O) groups is 3. The third-order valence-electron chi connectivity index (χ3n) is 6.76. The second-order valence-electron chi connectivity index (χ2n) is 7.98. The summed E-state index contributed by atoms with van der Waals surface area (Å²) in [5, 5.41) is 30.4. The fraction of sp³-hybridized carbons (Fsp3) is 0.500. The Morgan fingerprint density at radius 3 is 2.41 bits per heavy atom. The van der Waals surface area contributed by atoms with Gasteiger partial charge in [-0.05, 0) is 37.3 Å². The van der Waals surface area contributed by atoms with Crippen LogP contribution in [0.1, 0.15) is 13.3 Å². The number of hydrogen-bond acceptors (Lipinski definition) is 8. The number of non-ortho nitro benzene ring substituents is 1. The van der Waals surface area contributed by atoms with Crippen LogP contribution in [0.25, 0.3) is 0 Å². The van der Waals surface area contributed by atoms with Gasteiger partial charge in [0.1, 0.15) is 6.04 Å². The number of anilines is 1. The molecule has 7 atom stereocenters. The first-order valence-corrected chi connectivity index (χ1v) is 9.35. The van der Waals surface area contributed by atoms with E-state index in [-0.39, 0.29) is 29.6 Å². The maximum Gasteiger partial charge on any atom is 0.326 e. The maximum absolute atomic E-state index is 13.0. The van der Waals surface area contributed by atoms with E-state index in [1.807, 2.05) is 0 Å². The van der Waals surface area contributed by atoms with Gasteiger partial charge in [0.15, 0.2) is 0 Å². The van der Waals surface area contributed by atoms with Crippen molar-refractivity contribution in [3.8, 4) is 0 Å². The molecule has 2 heterocycles. The Morgan fingerprint density at radius 1 is 1.21 bits per heavy atom. The molecule has 3 fully saturated rings. The minimum Gasteiger partial charge on any atom is -0.480 e. The molecule has 1 saturated heterocycles. The van der Waals surface area contributed by atoms with Gasteiger partial charge in [0.05, 0.1) is 34.5 Å². The average molecular weight is 399 g/mol. The van der Waals surface area contributed by atoms with Gasteiger partial charge in [-0.1, -0.05) is 5.22 Å². The van der Waals surface area contributed by atoms with Crippen LogP contribution in [0.15, 0.2) is 34.6 Å². The molecule has 2 amide bonds. The number of carboxylic acids is 1. The molecule has 2 saturated carbocycles. The molecule has 4 aliphatic rings. The summed E-state index contributed by atoms with van der Waals surface area (Å²) in [6, 6.07) is 4.26. The third-order valence-corrected chi connectivity index (χ3v) is 6.76. The van der Waals surface area contributed by atoms with Crippen LogP contribution in [0.4, 0.5) is 11.4 Å². The van der Waals surface area contributed by atoms with E-state index in [0.717, 1.165) is 4.90 Å². The Morgan fingerprint density at radius 2 is 1.83 bits per heavy atom. The van der Waals surface area contributed by atoms with E-state index < -0.39 is 40.6 Å². The molecule has 0 aromatic heterocycles. The number of hydrogen-bond donors (Lipinski definition) is 1. The molecule has 2 aliphatic heterocycles. The molecule has 2 aliphatic carbocycles. The number of benzene rings is 1. The van der Waals surface area contributed by atoms with Crippen molar-refractivity contribution in [2.24, 2.45) is 34.0 Å². The van der Waals surface area contributed by atoms with E-state index in [1.165, 1.54) is 19.1 Å². The largest absolute Gasteiger partial charge is 0.480 e. The van der Waals surface area contributed by atoms with Crippen molar-refractivity contribution in [3.63, 3.8) is 0 Å². The summed E-state index contributed by atoms with van der Waals surface area (Å²) >= 11 is 0. The molecule has 7 unspecified atom stereocenters. The van der Waals surface area contributed by atoms with Crippen molar-refractivity contribution < 1.29 is 24.4 Å². The van der Waals surface area contributed by atoms with E-state index in [1.54, 1.807) is 17.1 Å². The number of aliphatic carboxylic acids is 1. The number of nitro benzene ring substituents is 1. The number of nitro groups is 1. The van der Waals surface area contributed by atoms with Crippen molar-refractivity contribution >= 4 is 29.2 Å². The smallest absolute Gasteiger partial charge is 0.326 e. The number of nitrogens with zero attached hydrogens (tertiary/aromatic N) is 5. The van der Waals surface area contributed by atoms with E-state index >= 15 is 0 Å². The number of carboxylic acid groups (broad SMARTS) is 1. The molecule has 1 N–H and O–H groups in total. The van der Waals surface area contributed by atoms with Gasteiger partial charge in [-0.3, -0.25) is 24.6 Å². The van der Waals surface area contributed by atoms with E-state index in [4.69, 9.17) is 0 Å². The fourth-order valence-corrected chi connectivity index (χ4v) is 5.55. The molecule has 11 nitrogen and oxygen atoms in total. The van der Waals surface area contributed by atoms with Gasteiger partial charge in [0.2, 0.25) is 11.8 Å². The predicted molar refractivity (Wildman–Crippen MR) is 95.5 cm³/mol. The second-order valence-corrected chi connectivity index (χ2v) is 7.98. The zero-order valence-electron chi connectivity index (χ0n) is 15.3. The summed E-state index contributed by atoms with van der Waals surface area (Å²) in [7, 11) is 0. The van der Waals surface area contributed by atoms with E-state index in [0.29, 0.717) is 12.1 Å². The third kappa shape index (κ3) is 2.21. The van der Waals surface area contributed by atoms with Crippen LogP contribution >= 0.6 is 0 Å². The minimum absolute atomic E-state index is 0.0377. The standard InChI is InChI=1S/C18H17N5O6/c1-7(18(26)27)21-16(24)12-10-6-11(13(12)17(21)25)15-14(10)19-20-22(15)8-2-4-9(5-3-8)23(28)29/h2-5,7,10-15H,6H2,1H3,(H,26,27). The zero-order valence-corrected chi connectivity index (χ0v) is 15.3. The van der Waals surface area contributed by atoms with Crippen LogP contribution in [0.5, 0.6) is 0 Å². The first-order valence-electron chi connectivity index (χ1n) is 9.35. The molecule has 29 heavy (non-hydrogen) atoms. The van der Waals surface area contributed by atoms with Gasteiger partial charge in [-0.25, -0.2) is 9.80 Å². The molecule has 150 valence electrons. The number of rotatable bonds is 4. The number of fused-ring (bicyclic) bond motifs is 8. The van der Waals surface area contributed by atoms with Crippen LogP contribution in [-0.4, -0.2) is 50.8 Å². The average Bonchev–Trinajstić information content (AvgIpc) is 3.41. The first-order chi connectivity index (χ1) is 13.8. The molecule has 1 aromatic carbocycles. The minimum atomic E-state index is -1.22. The van der Waals surface area contributed by atoms with Crippen molar-refractivity contribution in [1.82, 2.24) is 4.90 Å².